The summed E-state index contributed by atoms with van der Waals surface area (Å²) in [7, 11) is 0. The predicted octanol–water partition coefficient (Wildman–Crippen LogP) is 1.36. The lowest BCUT2D eigenvalue weighted by Gasteiger charge is -2.12. The van der Waals surface area contributed by atoms with E-state index in [1.807, 2.05) is 26.0 Å². The number of para-hydroxylation sites is 1. The van der Waals surface area contributed by atoms with Crippen LogP contribution in [-0.4, -0.2) is 40.0 Å². The predicted molar refractivity (Wildman–Crippen MR) is 75.3 cm³/mol. The molecule has 1 aromatic heterocycles. The molecular formula is C13H19N5O2. The molecule has 0 aliphatic heterocycles. The molecule has 2 aromatic rings. The summed E-state index contributed by atoms with van der Waals surface area (Å²) < 4.78 is 12.6. The molecule has 0 radical (unpaired) electrons. The summed E-state index contributed by atoms with van der Waals surface area (Å²) >= 11 is 0. The third kappa shape index (κ3) is 3.05. The van der Waals surface area contributed by atoms with Gasteiger partial charge < -0.3 is 15.2 Å². The van der Waals surface area contributed by atoms with Crippen molar-refractivity contribution >= 4 is 5.69 Å². The molecule has 2 N–H and O–H groups in total. The highest BCUT2D eigenvalue weighted by Gasteiger charge is 2.16. The van der Waals surface area contributed by atoms with Crippen molar-refractivity contribution in [2.75, 3.05) is 25.6 Å². The number of aromatic nitrogens is 4. The van der Waals surface area contributed by atoms with E-state index < -0.39 is 0 Å². The van der Waals surface area contributed by atoms with Gasteiger partial charge in [0.2, 0.25) is 0 Å². The van der Waals surface area contributed by atoms with E-state index in [2.05, 4.69) is 15.5 Å². The van der Waals surface area contributed by atoms with Crippen LogP contribution in [0.25, 0.3) is 11.4 Å². The number of hydrogen-bond acceptors (Lipinski definition) is 6. The smallest absolute Gasteiger partial charge is 0.185 e. The monoisotopic (exact) mass is 277 g/mol. The van der Waals surface area contributed by atoms with Crippen LogP contribution >= 0.6 is 0 Å². The van der Waals surface area contributed by atoms with Crippen LogP contribution in [0.4, 0.5) is 5.69 Å². The van der Waals surface area contributed by atoms with Gasteiger partial charge in [-0.05, 0) is 36.4 Å². The maximum absolute atomic E-state index is 5.96. The lowest BCUT2D eigenvalue weighted by Crippen LogP contribution is -2.10. The summed E-state index contributed by atoms with van der Waals surface area (Å²) in [6, 6.07) is 5.54. The Morgan fingerprint density at radius 3 is 2.85 bits per heavy atom. The fourth-order valence-corrected chi connectivity index (χ4v) is 1.88. The summed E-state index contributed by atoms with van der Waals surface area (Å²) in [5.41, 5.74) is 7.32. The van der Waals surface area contributed by atoms with Gasteiger partial charge in [0.1, 0.15) is 0 Å². The first-order valence-electron chi connectivity index (χ1n) is 6.63. The van der Waals surface area contributed by atoms with Crippen LogP contribution in [0.3, 0.4) is 0 Å². The van der Waals surface area contributed by atoms with Gasteiger partial charge in [-0.1, -0.05) is 6.07 Å². The van der Waals surface area contributed by atoms with E-state index in [-0.39, 0.29) is 0 Å². The molecule has 0 fully saturated rings. The molecule has 20 heavy (non-hydrogen) atoms. The summed E-state index contributed by atoms with van der Waals surface area (Å²) in [6.07, 6.45) is 0. The highest BCUT2D eigenvalue weighted by Crippen LogP contribution is 2.33. The third-order valence-electron chi connectivity index (χ3n) is 2.76. The number of anilines is 1. The van der Waals surface area contributed by atoms with E-state index in [4.69, 9.17) is 15.2 Å². The Morgan fingerprint density at radius 2 is 2.10 bits per heavy atom. The second-order valence-corrected chi connectivity index (χ2v) is 4.08. The molecule has 0 amide bonds. The number of rotatable bonds is 7. The molecule has 0 aliphatic rings. The van der Waals surface area contributed by atoms with Crippen LogP contribution < -0.4 is 10.5 Å². The van der Waals surface area contributed by atoms with E-state index in [1.165, 1.54) is 0 Å². The fourth-order valence-electron chi connectivity index (χ4n) is 1.88. The molecule has 0 saturated carbocycles. The Kier molecular flexibility index (Phi) is 4.89. The number of hydrogen-bond donors (Lipinski definition) is 1. The van der Waals surface area contributed by atoms with E-state index in [9.17, 15) is 0 Å². The number of tetrazole rings is 1. The van der Waals surface area contributed by atoms with Gasteiger partial charge in [0.05, 0.1) is 31.0 Å². The zero-order chi connectivity index (χ0) is 14.4. The maximum Gasteiger partial charge on any atom is 0.185 e. The molecule has 1 heterocycles. The van der Waals surface area contributed by atoms with Crippen LogP contribution in [-0.2, 0) is 11.3 Å². The van der Waals surface area contributed by atoms with E-state index in [0.29, 0.717) is 43.6 Å². The average molecular weight is 277 g/mol. The van der Waals surface area contributed by atoms with Crippen molar-refractivity contribution in [1.29, 1.82) is 0 Å². The second-order valence-electron chi connectivity index (χ2n) is 4.08. The Labute approximate surface area is 117 Å². The normalized spacial score (nSPS) is 10.7. The van der Waals surface area contributed by atoms with Crippen molar-refractivity contribution in [3.8, 4) is 17.1 Å². The molecular weight excluding hydrogens is 258 g/mol. The fraction of sp³-hybridized carbons (Fsp3) is 0.462. The Balaban J connectivity index is 2.32. The summed E-state index contributed by atoms with van der Waals surface area (Å²) in [6.45, 7) is 6.19. The highest BCUT2D eigenvalue weighted by atomic mass is 16.5. The van der Waals surface area contributed by atoms with Crippen LogP contribution in [0.15, 0.2) is 18.2 Å². The number of nitrogens with two attached hydrogens (primary N) is 1. The largest absolute Gasteiger partial charge is 0.491 e. The van der Waals surface area contributed by atoms with Crippen molar-refractivity contribution in [1.82, 2.24) is 20.2 Å². The number of nitrogens with zero attached hydrogens (tertiary/aromatic N) is 4. The first-order chi connectivity index (χ1) is 9.77. The Hall–Kier alpha value is -2.15. The Morgan fingerprint density at radius 1 is 1.25 bits per heavy atom. The number of benzene rings is 1. The van der Waals surface area contributed by atoms with Crippen LogP contribution in [0.2, 0.25) is 0 Å². The minimum absolute atomic E-state index is 0.529. The van der Waals surface area contributed by atoms with E-state index in [0.717, 1.165) is 5.56 Å². The Bertz CT molecular complexity index is 555. The first kappa shape index (κ1) is 14.3. The summed E-state index contributed by atoms with van der Waals surface area (Å²) in [5, 5.41) is 11.8. The van der Waals surface area contributed by atoms with Gasteiger partial charge in [-0.3, -0.25) is 0 Å². The van der Waals surface area contributed by atoms with Crippen molar-refractivity contribution < 1.29 is 9.47 Å². The first-order valence-corrected chi connectivity index (χ1v) is 6.63. The van der Waals surface area contributed by atoms with E-state index >= 15 is 0 Å². The number of nitrogen functional groups attached to an aromatic ring is 1. The minimum atomic E-state index is 0.529. The van der Waals surface area contributed by atoms with Gasteiger partial charge in [-0.2, -0.15) is 0 Å². The van der Waals surface area contributed by atoms with Crippen LogP contribution in [0.1, 0.15) is 13.8 Å². The SMILES string of the molecule is CCOCCn1nnnc1-c1cccc(N)c1OCC. The van der Waals surface area contributed by atoms with Gasteiger partial charge in [0.15, 0.2) is 11.6 Å². The lowest BCUT2D eigenvalue weighted by molar-refractivity contribution is 0.136. The van der Waals surface area contributed by atoms with E-state index in [1.54, 1.807) is 10.7 Å². The molecule has 0 unspecified atom stereocenters. The standard InChI is InChI=1S/C13H19N5O2/c1-3-19-9-8-18-13(15-16-17-18)10-6-5-7-11(14)12(10)20-4-2/h5-7H,3-4,8-9,14H2,1-2H3. The van der Waals surface area contributed by atoms with Gasteiger partial charge in [0, 0.05) is 6.61 Å². The van der Waals surface area contributed by atoms with Crippen molar-refractivity contribution in [2.24, 2.45) is 0 Å². The maximum atomic E-state index is 5.96. The highest BCUT2D eigenvalue weighted by molar-refractivity contribution is 5.73. The zero-order valence-electron chi connectivity index (χ0n) is 11.7. The van der Waals surface area contributed by atoms with Crippen LogP contribution in [0.5, 0.6) is 5.75 Å². The zero-order valence-corrected chi connectivity index (χ0v) is 11.7. The van der Waals surface area contributed by atoms with Crippen molar-refractivity contribution in [3.63, 3.8) is 0 Å². The second kappa shape index (κ2) is 6.85. The molecule has 0 saturated heterocycles. The molecule has 7 heteroatoms. The average Bonchev–Trinajstić information content (AvgIpc) is 2.90. The minimum Gasteiger partial charge on any atom is -0.491 e. The lowest BCUT2D eigenvalue weighted by atomic mass is 10.1. The molecule has 108 valence electrons. The summed E-state index contributed by atoms with van der Waals surface area (Å²) in [4.78, 5) is 0. The van der Waals surface area contributed by atoms with Gasteiger partial charge in [0.25, 0.3) is 0 Å². The van der Waals surface area contributed by atoms with Gasteiger partial charge >= 0.3 is 0 Å². The van der Waals surface area contributed by atoms with Crippen molar-refractivity contribution in [3.05, 3.63) is 18.2 Å². The van der Waals surface area contributed by atoms with Crippen LogP contribution in [0, 0.1) is 0 Å². The molecule has 0 spiro atoms. The molecule has 1 aromatic carbocycles. The van der Waals surface area contributed by atoms with Gasteiger partial charge in [-0.15, -0.1) is 5.10 Å². The topological polar surface area (TPSA) is 88.1 Å². The van der Waals surface area contributed by atoms with Gasteiger partial charge in [-0.25, -0.2) is 4.68 Å². The van der Waals surface area contributed by atoms with Crippen molar-refractivity contribution in [2.45, 2.75) is 20.4 Å². The summed E-state index contributed by atoms with van der Waals surface area (Å²) in [5.74, 6) is 1.24. The number of ether oxygens (including phenoxy) is 2. The third-order valence-corrected chi connectivity index (χ3v) is 2.76. The molecule has 2 rings (SSSR count). The quantitative estimate of drug-likeness (QED) is 0.607. The molecule has 0 aliphatic carbocycles. The molecule has 0 atom stereocenters. The molecule has 7 nitrogen and oxygen atoms in total. The molecule has 0 bridgehead atoms.